The summed E-state index contributed by atoms with van der Waals surface area (Å²) in [5, 5.41) is 4.60. The van der Waals surface area contributed by atoms with Crippen molar-refractivity contribution in [1.82, 2.24) is 5.32 Å². The molecule has 92 valence electrons. The molecule has 0 aromatic rings. The lowest BCUT2D eigenvalue weighted by molar-refractivity contribution is -0.0575. The Kier molecular flexibility index (Phi) is 3.23. The molecule has 1 atom stereocenters. The zero-order valence-electron chi connectivity index (χ0n) is 10.7. The lowest BCUT2D eigenvalue weighted by Crippen LogP contribution is -2.39. The zero-order chi connectivity index (χ0) is 11.8. The van der Waals surface area contributed by atoms with Gasteiger partial charge < -0.3 is 10.1 Å². The Morgan fingerprint density at radius 1 is 1.38 bits per heavy atom. The molecule has 0 aromatic heterocycles. The Balaban J connectivity index is 1.97. The van der Waals surface area contributed by atoms with Gasteiger partial charge in [0.1, 0.15) is 0 Å². The Hall–Kier alpha value is -0.220. The molecule has 4 heteroatoms. The summed E-state index contributed by atoms with van der Waals surface area (Å²) in [6.45, 7) is 9.58. The summed E-state index contributed by atoms with van der Waals surface area (Å²) in [5.74, 6) is 1.11. The Bertz CT molecular complexity index is 299. The predicted octanol–water partition coefficient (Wildman–Crippen LogP) is 2.42. The van der Waals surface area contributed by atoms with E-state index in [1.165, 1.54) is 0 Å². The summed E-state index contributed by atoms with van der Waals surface area (Å²) < 4.78 is 5.70. The molecule has 16 heavy (non-hydrogen) atoms. The number of hydrogen-bond acceptors (Lipinski definition) is 3. The minimum atomic E-state index is -0.00817. The van der Waals surface area contributed by atoms with Crippen molar-refractivity contribution < 1.29 is 4.74 Å². The Morgan fingerprint density at radius 3 is 2.69 bits per heavy atom. The predicted molar refractivity (Wildman–Crippen MR) is 70.2 cm³/mol. The van der Waals surface area contributed by atoms with Crippen LogP contribution in [0.5, 0.6) is 0 Å². The van der Waals surface area contributed by atoms with E-state index in [1.807, 2.05) is 11.8 Å². The molecule has 0 aliphatic carbocycles. The van der Waals surface area contributed by atoms with Crippen molar-refractivity contribution in [3.05, 3.63) is 0 Å². The first-order valence-corrected chi connectivity index (χ1v) is 6.98. The van der Waals surface area contributed by atoms with Gasteiger partial charge in [-0.3, -0.25) is 4.99 Å². The normalized spacial score (nSPS) is 35.0. The summed E-state index contributed by atoms with van der Waals surface area (Å²) in [4.78, 5) is 4.81. The minimum absolute atomic E-state index is 0.00817. The van der Waals surface area contributed by atoms with Gasteiger partial charge in [0, 0.05) is 17.9 Å². The maximum absolute atomic E-state index is 5.70. The zero-order valence-corrected chi connectivity index (χ0v) is 11.5. The third-order valence-corrected chi connectivity index (χ3v) is 4.33. The maximum atomic E-state index is 5.70. The van der Waals surface area contributed by atoms with Crippen molar-refractivity contribution >= 4 is 16.9 Å². The van der Waals surface area contributed by atoms with Gasteiger partial charge in [-0.2, -0.15) is 0 Å². The van der Waals surface area contributed by atoms with E-state index in [1.54, 1.807) is 0 Å². The van der Waals surface area contributed by atoms with Gasteiger partial charge in [-0.05, 0) is 40.5 Å². The molecular weight excluding hydrogens is 220 g/mol. The Morgan fingerprint density at radius 2 is 2.12 bits per heavy atom. The molecule has 2 aliphatic rings. The fraction of sp³-hybridized carbons (Fsp3) is 0.917. The molecule has 2 heterocycles. The molecule has 0 amide bonds. The third-order valence-electron chi connectivity index (χ3n) is 2.99. The summed E-state index contributed by atoms with van der Waals surface area (Å²) >= 11 is 1.84. The van der Waals surface area contributed by atoms with Gasteiger partial charge >= 0.3 is 0 Å². The first-order valence-electron chi connectivity index (χ1n) is 5.99. The first kappa shape index (κ1) is 12.2. The van der Waals surface area contributed by atoms with Gasteiger partial charge in [-0.15, -0.1) is 0 Å². The quantitative estimate of drug-likeness (QED) is 0.766. The van der Waals surface area contributed by atoms with Crippen LogP contribution >= 0.6 is 11.8 Å². The fourth-order valence-electron chi connectivity index (χ4n) is 2.16. The van der Waals surface area contributed by atoms with Crippen LogP contribution in [0.1, 0.15) is 40.5 Å². The van der Waals surface area contributed by atoms with E-state index in [4.69, 9.17) is 9.73 Å². The lowest BCUT2D eigenvalue weighted by Gasteiger charge is -2.33. The van der Waals surface area contributed by atoms with Crippen LogP contribution in [-0.4, -0.2) is 34.7 Å². The smallest absolute Gasteiger partial charge is 0.157 e. The maximum Gasteiger partial charge on any atom is 0.157 e. The molecule has 0 spiro atoms. The Labute approximate surface area is 102 Å². The molecule has 0 saturated carbocycles. The second-order valence-corrected chi connectivity index (χ2v) is 6.95. The molecule has 3 nitrogen and oxygen atoms in total. The second-order valence-electron chi connectivity index (χ2n) is 5.99. The molecule has 0 radical (unpaired) electrons. The highest BCUT2D eigenvalue weighted by Crippen LogP contribution is 2.28. The van der Waals surface area contributed by atoms with Gasteiger partial charge in [0.2, 0.25) is 0 Å². The average Bonchev–Trinajstić information content (AvgIpc) is 2.43. The van der Waals surface area contributed by atoms with Crippen LogP contribution in [-0.2, 0) is 4.74 Å². The van der Waals surface area contributed by atoms with E-state index in [-0.39, 0.29) is 11.1 Å². The molecule has 2 rings (SSSR count). The number of thioether (sulfide) groups is 1. The van der Waals surface area contributed by atoms with Crippen LogP contribution in [0.2, 0.25) is 0 Å². The van der Waals surface area contributed by atoms with E-state index >= 15 is 0 Å². The number of rotatable bonds is 1. The number of amidine groups is 1. The standard InChI is InChI=1S/C12H22N2OS/c1-11(2)8-16-10(14-11)13-9-5-6-15-12(3,4)7-9/h9H,5-8H2,1-4H3,(H,13,14). The van der Waals surface area contributed by atoms with Gasteiger partial charge in [-0.25, -0.2) is 0 Å². The van der Waals surface area contributed by atoms with Gasteiger partial charge in [0.05, 0.1) is 11.6 Å². The number of nitrogens with zero attached hydrogens (tertiary/aromatic N) is 1. The van der Waals surface area contributed by atoms with Gasteiger partial charge in [0.15, 0.2) is 5.17 Å². The van der Waals surface area contributed by atoms with Gasteiger partial charge in [-0.1, -0.05) is 11.8 Å². The molecule has 0 bridgehead atoms. The van der Waals surface area contributed by atoms with Crippen molar-refractivity contribution in [2.45, 2.75) is 57.7 Å². The van der Waals surface area contributed by atoms with E-state index < -0.39 is 0 Å². The molecule has 1 unspecified atom stereocenters. The topological polar surface area (TPSA) is 33.6 Å². The summed E-state index contributed by atoms with van der Waals surface area (Å²) in [5.41, 5.74) is 0.190. The van der Waals surface area contributed by atoms with Crippen LogP contribution in [0.15, 0.2) is 4.99 Å². The van der Waals surface area contributed by atoms with E-state index in [0.29, 0.717) is 6.04 Å². The second kappa shape index (κ2) is 4.22. The monoisotopic (exact) mass is 242 g/mol. The highest BCUT2D eigenvalue weighted by atomic mass is 32.2. The fourth-order valence-corrected chi connectivity index (χ4v) is 3.30. The summed E-state index contributed by atoms with van der Waals surface area (Å²) in [6, 6.07) is 0.424. The first-order chi connectivity index (χ1) is 7.36. The minimum Gasteiger partial charge on any atom is -0.375 e. The molecule has 2 aliphatic heterocycles. The SMILES string of the molecule is CC1(C)CSC(=NC2CCOC(C)(C)C2)N1. The molecular formula is C12H22N2OS. The molecule has 1 N–H and O–H groups in total. The van der Waals surface area contributed by atoms with Crippen LogP contribution in [0.4, 0.5) is 0 Å². The van der Waals surface area contributed by atoms with E-state index in [2.05, 4.69) is 33.0 Å². The number of aliphatic imine (C=N–C) groups is 1. The van der Waals surface area contributed by atoms with Crippen molar-refractivity contribution in [1.29, 1.82) is 0 Å². The van der Waals surface area contributed by atoms with Crippen molar-refractivity contribution in [2.75, 3.05) is 12.4 Å². The average molecular weight is 242 g/mol. The van der Waals surface area contributed by atoms with Crippen molar-refractivity contribution in [2.24, 2.45) is 4.99 Å². The van der Waals surface area contributed by atoms with Gasteiger partial charge in [0.25, 0.3) is 0 Å². The summed E-state index contributed by atoms with van der Waals surface area (Å²) in [6.07, 6.45) is 2.08. The van der Waals surface area contributed by atoms with Crippen LogP contribution in [0.25, 0.3) is 0 Å². The lowest BCUT2D eigenvalue weighted by atomic mass is 9.94. The molecule has 2 fully saturated rings. The number of ether oxygens (including phenoxy) is 1. The van der Waals surface area contributed by atoms with Crippen LogP contribution < -0.4 is 5.32 Å². The third kappa shape index (κ3) is 3.14. The van der Waals surface area contributed by atoms with Crippen LogP contribution in [0.3, 0.4) is 0 Å². The van der Waals surface area contributed by atoms with Crippen LogP contribution in [0, 0.1) is 0 Å². The molecule has 2 saturated heterocycles. The highest BCUT2D eigenvalue weighted by Gasteiger charge is 2.31. The molecule has 0 aromatic carbocycles. The van der Waals surface area contributed by atoms with E-state index in [9.17, 15) is 0 Å². The van der Waals surface area contributed by atoms with Crippen molar-refractivity contribution in [3.63, 3.8) is 0 Å². The van der Waals surface area contributed by atoms with E-state index in [0.717, 1.165) is 30.4 Å². The number of hydrogen-bond donors (Lipinski definition) is 1. The summed E-state index contributed by atoms with van der Waals surface area (Å²) in [7, 11) is 0. The number of nitrogens with one attached hydrogen (secondary N) is 1. The highest BCUT2D eigenvalue weighted by molar-refractivity contribution is 8.14. The largest absolute Gasteiger partial charge is 0.375 e. The van der Waals surface area contributed by atoms with Crippen molar-refractivity contribution in [3.8, 4) is 0 Å².